The summed E-state index contributed by atoms with van der Waals surface area (Å²) >= 11 is 0. The summed E-state index contributed by atoms with van der Waals surface area (Å²) in [5.41, 5.74) is 8.80. The summed E-state index contributed by atoms with van der Waals surface area (Å²) in [4.78, 5) is 2.33. The van der Waals surface area contributed by atoms with Crippen LogP contribution in [-0.4, -0.2) is 20.1 Å². The van der Waals surface area contributed by atoms with Crippen LogP contribution in [0.25, 0.3) is 0 Å². The highest BCUT2D eigenvalue weighted by atomic mass is 15.1. The smallest absolute Gasteiger partial charge is 0.0366 e. The predicted molar refractivity (Wildman–Crippen MR) is 76.5 cm³/mol. The Morgan fingerprint density at radius 2 is 1.88 bits per heavy atom. The van der Waals surface area contributed by atoms with Crippen LogP contribution < -0.4 is 10.6 Å². The normalized spacial score (nSPS) is 11.6. The van der Waals surface area contributed by atoms with Crippen molar-refractivity contribution >= 4 is 5.69 Å². The van der Waals surface area contributed by atoms with Crippen molar-refractivity contribution in [1.82, 2.24) is 0 Å². The van der Waals surface area contributed by atoms with E-state index >= 15 is 0 Å². The van der Waals surface area contributed by atoms with Gasteiger partial charge in [-0.25, -0.2) is 0 Å². The monoisotopic (exact) mass is 234 g/mol. The van der Waals surface area contributed by atoms with Crippen LogP contribution in [0.2, 0.25) is 0 Å². The van der Waals surface area contributed by atoms with E-state index in [-0.39, 0.29) is 5.41 Å². The zero-order chi connectivity index (χ0) is 12.9. The minimum atomic E-state index is 0.249. The van der Waals surface area contributed by atoms with Gasteiger partial charge in [0.2, 0.25) is 0 Å². The van der Waals surface area contributed by atoms with Gasteiger partial charge in [-0.05, 0) is 49.4 Å². The first kappa shape index (κ1) is 14.0. The highest BCUT2D eigenvalue weighted by molar-refractivity contribution is 5.47. The lowest BCUT2D eigenvalue weighted by atomic mass is 9.82. The van der Waals surface area contributed by atoms with Gasteiger partial charge in [0, 0.05) is 19.3 Å². The van der Waals surface area contributed by atoms with E-state index in [1.54, 1.807) is 0 Å². The molecule has 0 aliphatic carbocycles. The highest BCUT2D eigenvalue weighted by Gasteiger charge is 2.26. The summed E-state index contributed by atoms with van der Waals surface area (Å²) < 4.78 is 0. The second-order valence-electron chi connectivity index (χ2n) is 5.11. The first-order chi connectivity index (χ1) is 8.06. The Bertz CT molecular complexity index is 334. The number of nitrogens with two attached hydrogens (primary N) is 1. The van der Waals surface area contributed by atoms with Gasteiger partial charge in [0.05, 0.1) is 0 Å². The topological polar surface area (TPSA) is 29.3 Å². The Kier molecular flexibility index (Phi) is 5.01. The molecule has 0 fully saturated rings. The summed E-state index contributed by atoms with van der Waals surface area (Å²) in [6.45, 7) is 8.39. The van der Waals surface area contributed by atoms with Crippen LogP contribution in [0.3, 0.4) is 0 Å². The summed E-state index contributed by atoms with van der Waals surface area (Å²) in [7, 11) is 2.16. The molecule has 0 aliphatic rings. The van der Waals surface area contributed by atoms with E-state index in [1.165, 1.54) is 11.3 Å². The molecule has 0 aliphatic heterocycles. The lowest BCUT2D eigenvalue weighted by Crippen LogP contribution is -2.40. The first-order valence-corrected chi connectivity index (χ1v) is 6.55. The fourth-order valence-corrected chi connectivity index (χ4v) is 2.29. The second-order valence-corrected chi connectivity index (χ2v) is 5.11. The number of rotatable bonds is 6. The molecule has 0 heterocycles. The van der Waals surface area contributed by atoms with Crippen molar-refractivity contribution in [3.63, 3.8) is 0 Å². The number of nitrogens with zero attached hydrogens (tertiary/aromatic N) is 1. The highest BCUT2D eigenvalue weighted by Crippen LogP contribution is 2.28. The lowest BCUT2D eigenvalue weighted by molar-refractivity contribution is 0.281. The summed E-state index contributed by atoms with van der Waals surface area (Å²) in [6, 6.07) is 8.64. The molecule has 2 nitrogen and oxygen atoms in total. The van der Waals surface area contributed by atoms with Gasteiger partial charge in [0.25, 0.3) is 0 Å². The van der Waals surface area contributed by atoms with Crippen LogP contribution >= 0.6 is 0 Å². The third-order valence-corrected chi connectivity index (χ3v) is 3.95. The summed E-state index contributed by atoms with van der Waals surface area (Å²) in [5, 5.41) is 0. The molecule has 17 heavy (non-hydrogen) atoms. The molecule has 0 spiro atoms. The fraction of sp³-hybridized carbons (Fsp3) is 0.600. The number of anilines is 1. The lowest BCUT2D eigenvalue weighted by Gasteiger charge is -2.35. The fourth-order valence-electron chi connectivity index (χ4n) is 2.29. The molecule has 0 saturated heterocycles. The van der Waals surface area contributed by atoms with E-state index in [1.807, 2.05) is 0 Å². The maximum atomic E-state index is 5.96. The van der Waals surface area contributed by atoms with E-state index < -0.39 is 0 Å². The van der Waals surface area contributed by atoms with Gasteiger partial charge in [0.1, 0.15) is 0 Å². The Hall–Kier alpha value is -1.02. The van der Waals surface area contributed by atoms with Gasteiger partial charge in [-0.15, -0.1) is 0 Å². The van der Waals surface area contributed by atoms with Crippen molar-refractivity contribution in [2.24, 2.45) is 11.1 Å². The van der Waals surface area contributed by atoms with E-state index in [0.29, 0.717) is 0 Å². The van der Waals surface area contributed by atoms with Gasteiger partial charge in [-0.2, -0.15) is 0 Å². The predicted octanol–water partition coefficient (Wildman–Crippen LogP) is 3.20. The maximum absolute atomic E-state index is 5.96. The van der Waals surface area contributed by atoms with Crippen LogP contribution in [0.4, 0.5) is 5.69 Å². The van der Waals surface area contributed by atoms with Crippen LogP contribution in [0.15, 0.2) is 24.3 Å². The molecule has 96 valence electrons. The second kappa shape index (κ2) is 6.06. The molecule has 1 aromatic carbocycles. The van der Waals surface area contributed by atoms with Crippen molar-refractivity contribution in [3.8, 4) is 0 Å². The number of aryl methyl sites for hydroxylation is 1. The van der Waals surface area contributed by atoms with Crippen LogP contribution in [0.5, 0.6) is 0 Å². The Morgan fingerprint density at radius 1 is 1.24 bits per heavy atom. The zero-order valence-electron chi connectivity index (χ0n) is 11.7. The van der Waals surface area contributed by atoms with Crippen molar-refractivity contribution < 1.29 is 0 Å². The van der Waals surface area contributed by atoms with Crippen LogP contribution in [0.1, 0.15) is 32.3 Å². The van der Waals surface area contributed by atoms with Crippen molar-refractivity contribution in [3.05, 3.63) is 29.8 Å². The van der Waals surface area contributed by atoms with Gasteiger partial charge in [-0.3, -0.25) is 0 Å². The Morgan fingerprint density at radius 3 is 2.35 bits per heavy atom. The molecule has 0 unspecified atom stereocenters. The molecule has 1 rings (SSSR count). The third-order valence-electron chi connectivity index (χ3n) is 3.95. The molecule has 0 aromatic heterocycles. The van der Waals surface area contributed by atoms with Crippen LogP contribution in [-0.2, 0) is 0 Å². The minimum absolute atomic E-state index is 0.249. The Balaban J connectivity index is 2.80. The van der Waals surface area contributed by atoms with E-state index in [0.717, 1.165) is 25.9 Å². The van der Waals surface area contributed by atoms with Crippen molar-refractivity contribution in [2.75, 3.05) is 25.0 Å². The molecular weight excluding hydrogens is 208 g/mol. The molecule has 0 radical (unpaired) electrons. The Labute approximate surface area is 106 Å². The molecule has 0 saturated carbocycles. The molecule has 0 atom stereocenters. The SMILES string of the molecule is CCC(CC)(CN)CN(C)c1cccc(C)c1. The summed E-state index contributed by atoms with van der Waals surface area (Å²) in [6.07, 6.45) is 2.27. The summed E-state index contributed by atoms with van der Waals surface area (Å²) in [5.74, 6) is 0. The van der Waals surface area contributed by atoms with Crippen molar-refractivity contribution in [2.45, 2.75) is 33.6 Å². The van der Waals surface area contributed by atoms with E-state index in [2.05, 4.69) is 57.0 Å². The number of hydrogen-bond acceptors (Lipinski definition) is 2. The quantitative estimate of drug-likeness (QED) is 0.819. The average Bonchev–Trinajstić information content (AvgIpc) is 2.36. The van der Waals surface area contributed by atoms with Gasteiger partial charge >= 0.3 is 0 Å². The maximum Gasteiger partial charge on any atom is 0.0366 e. The van der Waals surface area contributed by atoms with Gasteiger partial charge < -0.3 is 10.6 Å². The first-order valence-electron chi connectivity index (χ1n) is 6.55. The van der Waals surface area contributed by atoms with E-state index in [4.69, 9.17) is 5.73 Å². The van der Waals surface area contributed by atoms with Gasteiger partial charge in [0.15, 0.2) is 0 Å². The molecular formula is C15H26N2. The standard InChI is InChI=1S/C15H26N2/c1-5-15(6-2,11-16)12-17(4)14-9-7-8-13(3)10-14/h7-10H,5-6,11-12,16H2,1-4H3. The van der Waals surface area contributed by atoms with Crippen LogP contribution in [0, 0.1) is 12.3 Å². The van der Waals surface area contributed by atoms with E-state index in [9.17, 15) is 0 Å². The minimum Gasteiger partial charge on any atom is -0.374 e. The van der Waals surface area contributed by atoms with Gasteiger partial charge in [-0.1, -0.05) is 26.0 Å². The molecule has 1 aromatic rings. The third kappa shape index (κ3) is 3.47. The largest absolute Gasteiger partial charge is 0.374 e. The average molecular weight is 234 g/mol. The van der Waals surface area contributed by atoms with Crippen molar-refractivity contribution in [1.29, 1.82) is 0 Å². The number of hydrogen-bond donors (Lipinski definition) is 1. The molecule has 0 amide bonds. The molecule has 2 heteroatoms. The molecule has 2 N–H and O–H groups in total. The number of benzene rings is 1. The zero-order valence-corrected chi connectivity index (χ0v) is 11.7. The molecule has 0 bridgehead atoms.